The van der Waals surface area contributed by atoms with Gasteiger partial charge in [-0.05, 0) is 33.1 Å². The first-order valence-corrected chi connectivity index (χ1v) is 19.2. The average molecular weight is 802 g/mol. The topological polar surface area (TPSA) is 0 Å². The van der Waals surface area contributed by atoms with Crippen molar-refractivity contribution in [1.29, 1.82) is 0 Å². The number of fused-ring (bicyclic) bond motifs is 2. The van der Waals surface area contributed by atoms with Gasteiger partial charge < -0.3 is 14.9 Å². The van der Waals surface area contributed by atoms with Crippen LogP contribution in [0, 0.1) is 14.9 Å². The Bertz CT molecular complexity index is 1800. The molecule has 0 bridgehead atoms. The molecule has 0 nitrogen and oxygen atoms in total. The molecule has 0 aliphatic carbocycles. The van der Waals surface area contributed by atoms with Crippen LogP contribution in [0.4, 0.5) is 0 Å². The summed E-state index contributed by atoms with van der Waals surface area (Å²) in [5.74, 6) is 0. The van der Waals surface area contributed by atoms with Crippen LogP contribution in [0.25, 0.3) is 43.8 Å². The zero-order chi connectivity index (χ0) is 31.3. The molecule has 0 N–H and O–H groups in total. The van der Waals surface area contributed by atoms with Crippen LogP contribution in [0.1, 0.15) is 72.4 Å². The third kappa shape index (κ3) is 7.60. The van der Waals surface area contributed by atoms with Crippen LogP contribution in [0.15, 0.2) is 109 Å². The summed E-state index contributed by atoms with van der Waals surface area (Å²) in [7, 11) is -2.02. The van der Waals surface area contributed by atoms with E-state index in [1.165, 1.54) is 73.8 Å². The van der Waals surface area contributed by atoms with Gasteiger partial charge in [0.25, 0.3) is 0 Å². The minimum Gasteiger partial charge on any atom is -0.358 e. The molecular weight excluding hydrogens is 747 g/mol. The van der Waals surface area contributed by atoms with Gasteiger partial charge in [0.05, 0.1) is 8.07 Å². The van der Waals surface area contributed by atoms with Gasteiger partial charge in [0.2, 0.25) is 0 Å². The predicted octanol–water partition coefficient (Wildman–Crippen LogP) is 12.3. The van der Waals surface area contributed by atoms with Crippen molar-refractivity contribution in [3.63, 3.8) is 0 Å². The van der Waals surface area contributed by atoms with Crippen molar-refractivity contribution < 1.29 is 25.8 Å². The zero-order valence-corrected chi connectivity index (χ0v) is 35.1. The van der Waals surface area contributed by atoms with Crippen LogP contribution in [-0.4, -0.2) is 8.07 Å². The van der Waals surface area contributed by atoms with Gasteiger partial charge in [-0.25, -0.2) is 0 Å². The van der Waals surface area contributed by atoms with Gasteiger partial charge in [0.15, 0.2) is 0 Å². The summed E-state index contributed by atoms with van der Waals surface area (Å²) >= 11 is 0. The molecule has 0 unspecified atom stereocenters. The molecule has 6 aromatic carbocycles. The molecular formula is C45H54HfSi. The van der Waals surface area contributed by atoms with E-state index in [-0.39, 0.29) is 51.5 Å². The quantitative estimate of drug-likeness (QED) is 0.111. The van der Waals surface area contributed by atoms with Crippen molar-refractivity contribution in [1.82, 2.24) is 0 Å². The molecule has 0 aliphatic rings. The van der Waals surface area contributed by atoms with Crippen LogP contribution >= 0.6 is 0 Å². The van der Waals surface area contributed by atoms with Crippen molar-refractivity contribution in [3.8, 4) is 22.3 Å². The van der Waals surface area contributed by atoms with Crippen LogP contribution < -0.4 is 10.4 Å². The number of unbranched alkanes of at least 4 members (excludes halogenated alkanes) is 1. The maximum Gasteiger partial charge on any atom is 4.00 e. The Labute approximate surface area is 306 Å². The molecule has 0 aromatic heterocycles. The van der Waals surface area contributed by atoms with Gasteiger partial charge in [-0.3, -0.25) is 0 Å². The normalized spacial score (nSPS) is 12.0. The molecule has 0 heterocycles. The minimum absolute atomic E-state index is 0. The van der Waals surface area contributed by atoms with E-state index in [9.17, 15) is 0 Å². The Morgan fingerprint density at radius 2 is 0.979 bits per heavy atom. The van der Waals surface area contributed by atoms with Crippen LogP contribution in [0.2, 0.25) is 12.6 Å². The average Bonchev–Trinajstić information content (AvgIpc) is 3.65. The first-order valence-electron chi connectivity index (χ1n) is 16.5. The summed E-state index contributed by atoms with van der Waals surface area (Å²) in [6.07, 6.45) is 2.48. The Hall–Kier alpha value is -2.81. The van der Waals surface area contributed by atoms with Crippen LogP contribution in [0.5, 0.6) is 0 Å². The number of hydrogen-bond acceptors (Lipinski definition) is 0. The molecule has 0 radical (unpaired) electrons. The second-order valence-corrected chi connectivity index (χ2v) is 19.5. The van der Waals surface area contributed by atoms with Gasteiger partial charge in [-0.2, -0.15) is 12.1 Å². The summed E-state index contributed by atoms with van der Waals surface area (Å²) in [4.78, 5) is 0. The molecule has 0 aliphatic heterocycles. The molecule has 0 spiro atoms. The van der Waals surface area contributed by atoms with Crippen molar-refractivity contribution >= 4 is 40.0 Å². The Morgan fingerprint density at radius 1 is 0.574 bits per heavy atom. The Kier molecular flexibility index (Phi) is 12.1. The van der Waals surface area contributed by atoms with E-state index in [0.29, 0.717) is 0 Å². The molecule has 0 atom stereocenters. The molecule has 0 fully saturated rings. The van der Waals surface area contributed by atoms with Crippen molar-refractivity contribution in [2.45, 2.75) is 84.7 Å². The van der Waals surface area contributed by atoms with Crippen LogP contribution in [-0.2, 0) is 36.7 Å². The van der Waals surface area contributed by atoms with E-state index in [1.807, 2.05) is 0 Å². The first-order chi connectivity index (χ1) is 20.9. The van der Waals surface area contributed by atoms with E-state index in [1.54, 1.807) is 10.4 Å². The summed E-state index contributed by atoms with van der Waals surface area (Å²) in [5.41, 5.74) is 8.35. The monoisotopic (exact) mass is 802 g/mol. The molecule has 47 heavy (non-hydrogen) atoms. The molecule has 242 valence electrons. The zero-order valence-electron chi connectivity index (χ0n) is 30.5. The maximum absolute atomic E-state index is 2.62. The number of benzene rings is 4. The summed E-state index contributed by atoms with van der Waals surface area (Å²) < 4.78 is 0. The van der Waals surface area contributed by atoms with Gasteiger partial charge >= 0.3 is 25.8 Å². The van der Waals surface area contributed by atoms with E-state index in [2.05, 4.69) is 164 Å². The summed E-state index contributed by atoms with van der Waals surface area (Å²) in [6, 6.07) is 43.5. The second kappa shape index (κ2) is 14.8. The van der Waals surface area contributed by atoms with E-state index in [4.69, 9.17) is 0 Å². The Balaban J connectivity index is 0.00000200. The smallest absolute Gasteiger partial charge is 0.358 e. The van der Waals surface area contributed by atoms with Gasteiger partial charge in [0.1, 0.15) is 0 Å². The molecule has 2 heteroatoms. The predicted molar refractivity (Wildman–Crippen MR) is 211 cm³/mol. The molecule has 0 saturated carbocycles. The third-order valence-corrected chi connectivity index (χ3v) is 14.4. The van der Waals surface area contributed by atoms with E-state index < -0.39 is 8.07 Å². The fourth-order valence-electron chi connectivity index (χ4n) is 6.90. The fourth-order valence-corrected chi connectivity index (χ4v) is 10.7. The number of hydrogen-bond donors (Lipinski definition) is 0. The van der Waals surface area contributed by atoms with Crippen molar-refractivity contribution in [3.05, 3.63) is 135 Å². The third-order valence-electron chi connectivity index (χ3n) is 9.89. The summed E-state index contributed by atoms with van der Waals surface area (Å²) in [6.45, 7) is 18.7. The molecule has 6 rings (SSSR count). The summed E-state index contributed by atoms with van der Waals surface area (Å²) in [5, 5.41) is 8.63. The van der Waals surface area contributed by atoms with Crippen molar-refractivity contribution in [2.75, 3.05) is 0 Å². The van der Waals surface area contributed by atoms with E-state index >= 15 is 0 Å². The van der Waals surface area contributed by atoms with Gasteiger partial charge in [-0.1, -0.05) is 146 Å². The minimum atomic E-state index is -2.02. The van der Waals surface area contributed by atoms with Crippen LogP contribution in [0.3, 0.4) is 0 Å². The maximum atomic E-state index is 2.62. The number of rotatable bonds is 7. The second-order valence-electron chi connectivity index (χ2n) is 15.2. The Morgan fingerprint density at radius 3 is 1.36 bits per heavy atom. The standard InChI is InChI=1S/C43H48Si.2CH3.Hf/c1-9-10-23-44(8,36-26-32-17-13-21-38(40(32)28-36)30-15-11-19-34(24-30)42(2,3)4)37-27-33-18-14-22-39(41(33)29-37)31-16-12-20-35(25-31)43(5,6)7;;;/h11-22,24-29H,9-10,23H2,1-8H3;2*1H3;/q-2;2*-1;+4. The molecule has 6 aromatic rings. The van der Waals surface area contributed by atoms with Gasteiger partial charge in [-0.15, -0.1) is 68.3 Å². The molecule has 0 saturated heterocycles. The van der Waals surface area contributed by atoms with Crippen molar-refractivity contribution in [2.24, 2.45) is 0 Å². The fraction of sp³-hybridized carbons (Fsp3) is 0.289. The van der Waals surface area contributed by atoms with E-state index in [0.717, 1.165) is 0 Å². The first kappa shape index (κ1) is 38.6. The largest absolute Gasteiger partial charge is 4.00 e. The molecule has 0 amide bonds. The SMILES string of the molecule is CCCC[Si](C)(c1cc2c(-c3cccc(C(C)(C)C)c3)cccc2[cH-]1)c1cc2c(-c3cccc(C(C)(C)C)c3)cccc2[cH-]1.[CH3-].[CH3-].[Hf+4]. The van der Waals surface area contributed by atoms with Gasteiger partial charge in [0, 0.05) is 0 Å².